The molecule has 0 unspecified atom stereocenters. The van der Waals surface area contributed by atoms with Crippen molar-refractivity contribution in [2.24, 2.45) is 11.3 Å². The van der Waals surface area contributed by atoms with Crippen LogP contribution >= 0.6 is 0 Å². The minimum atomic E-state index is -1.04. The SMILES string of the molecule is Cc1cccc(-c2cc(C[C@@]3(C(=O)O)CCCN(C(=O)C(C)C)C3)on2)c1. The molecule has 1 fully saturated rings. The molecule has 2 heterocycles. The molecule has 0 bridgehead atoms. The molecule has 1 amide bonds. The van der Waals surface area contributed by atoms with Gasteiger partial charge in [-0.3, -0.25) is 9.59 Å². The number of aromatic nitrogens is 1. The zero-order valence-electron chi connectivity index (χ0n) is 16.1. The van der Waals surface area contributed by atoms with Crippen LogP contribution < -0.4 is 0 Å². The van der Waals surface area contributed by atoms with Gasteiger partial charge in [0.05, 0.1) is 5.41 Å². The predicted octanol–water partition coefficient (Wildman–Crippen LogP) is 3.54. The highest BCUT2D eigenvalue weighted by molar-refractivity contribution is 5.81. The summed E-state index contributed by atoms with van der Waals surface area (Å²) in [6, 6.07) is 9.73. The van der Waals surface area contributed by atoms with Crippen molar-refractivity contribution in [3.05, 3.63) is 41.7 Å². The minimum absolute atomic E-state index is 0.00153. The maximum Gasteiger partial charge on any atom is 0.311 e. The van der Waals surface area contributed by atoms with E-state index in [9.17, 15) is 14.7 Å². The second kappa shape index (κ2) is 7.55. The van der Waals surface area contributed by atoms with E-state index >= 15 is 0 Å². The number of carbonyl (C=O) groups excluding carboxylic acids is 1. The molecule has 1 aliphatic heterocycles. The maximum absolute atomic E-state index is 12.4. The van der Waals surface area contributed by atoms with E-state index in [0.717, 1.165) is 11.1 Å². The first-order valence-electron chi connectivity index (χ1n) is 9.35. The van der Waals surface area contributed by atoms with E-state index in [-0.39, 0.29) is 24.8 Å². The van der Waals surface area contributed by atoms with Gasteiger partial charge < -0.3 is 14.5 Å². The number of nitrogens with zero attached hydrogens (tertiary/aromatic N) is 2. The Morgan fingerprint density at radius 1 is 1.33 bits per heavy atom. The summed E-state index contributed by atoms with van der Waals surface area (Å²) >= 11 is 0. The summed E-state index contributed by atoms with van der Waals surface area (Å²) in [4.78, 5) is 26.2. The average Bonchev–Trinajstić information content (AvgIpc) is 3.09. The third kappa shape index (κ3) is 4.04. The van der Waals surface area contributed by atoms with Gasteiger partial charge in [-0.25, -0.2) is 0 Å². The lowest BCUT2D eigenvalue weighted by molar-refractivity contribution is -0.156. The van der Waals surface area contributed by atoms with Crippen LogP contribution in [0.15, 0.2) is 34.9 Å². The van der Waals surface area contributed by atoms with Crippen LogP contribution in [0.4, 0.5) is 0 Å². The Morgan fingerprint density at radius 2 is 2.11 bits per heavy atom. The summed E-state index contributed by atoms with van der Waals surface area (Å²) in [7, 11) is 0. The number of piperidine rings is 1. The lowest BCUT2D eigenvalue weighted by atomic mass is 9.76. The molecular formula is C21H26N2O4. The van der Waals surface area contributed by atoms with Gasteiger partial charge in [-0.1, -0.05) is 42.8 Å². The molecule has 0 radical (unpaired) electrons. The molecule has 6 nitrogen and oxygen atoms in total. The van der Waals surface area contributed by atoms with Gasteiger partial charge in [0, 0.05) is 37.1 Å². The molecule has 3 rings (SSSR count). The Bertz CT molecular complexity index is 842. The lowest BCUT2D eigenvalue weighted by Gasteiger charge is -2.40. The molecule has 1 N–H and O–H groups in total. The Morgan fingerprint density at radius 3 is 2.78 bits per heavy atom. The molecule has 1 aromatic heterocycles. The fourth-order valence-corrected chi connectivity index (χ4v) is 3.75. The van der Waals surface area contributed by atoms with E-state index in [1.165, 1.54) is 0 Å². The van der Waals surface area contributed by atoms with Gasteiger partial charge >= 0.3 is 5.97 Å². The van der Waals surface area contributed by atoms with Crippen LogP contribution in [0, 0.1) is 18.3 Å². The van der Waals surface area contributed by atoms with Crippen LogP contribution in [0.5, 0.6) is 0 Å². The first-order valence-corrected chi connectivity index (χ1v) is 9.35. The monoisotopic (exact) mass is 370 g/mol. The molecule has 1 saturated heterocycles. The number of rotatable bonds is 5. The van der Waals surface area contributed by atoms with Gasteiger partial charge in [0.15, 0.2) is 0 Å². The second-order valence-electron chi connectivity index (χ2n) is 7.83. The maximum atomic E-state index is 12.4. The number of benzene rings is 1. The zero-order chi connectivity index (χ0) is 19.6. The molecule has 1 aromatic carbocycles. The van der Waals surface area contributed by atoms with E-state index in [2.05, 4.69) is 5.16 Å². The molecule has 1 atom stereocenters. The highest BCUT2D eigenvalue weighted by Crippen LogP contribution is 2.35. The summed E-state index contributed by atoms with van der Waals surface area (Å²) in [6.07, 6.45) is 1.41. The zero-order valence-corrected chi connectivity index (χ0v) is 16.1. The van der Waals surface area contributed by atoms with Crippen LogP contribution in [0.2, 0.25) is 0 Å². The minimum Gasteiger partial charge on any atom is -0.481 e. The van der Waals surface area contributed by atoms with Gasteiger partial charge in [-0.2, -0.15) is 0 Å². The van der Waals surface area contributed by atoms with E-state index in [0.29, 0.717) is 30.8 Å². The molecule has 6 heteroatoms. The fourth-order valence-electron chi connectivity index (χ4n) is 3.75. The Kier molecular flexibility index (Phi) is 5.35. The molecule has 1 aliphatic rings. The van der Waals surface area contributed by atoms with Crippen molar-refractivity contribution in [3.63, 3.8) is 0 Å². The van der Waals surface area contributed by atoms with Gasteiger partial charge in [-0.05, 0) is 25.8 Å². The fraction of sp³-hybridized carbons (Fsp3) is 0.476. The quantitative estimate of drug-likeness (QED) is 0.870. The standard InChI is InChI=1S/C21H26N2O4/c1-14(2)19(24)23-9-5-8-21(13-23,20(25)26)12-17-11-18(22-27-17)16-7-4-6-15(3)10-16/h4,6-7,10-11,14H,5,8-9,12-13H2,1-3H3,(H,25,26)/t21-/m0/s1. The third-order valence-corrected chi connectivity index (χ3v) is 5.22. The molecule has 144 valence electrons. The Labute approximate surface area is 159 Å². The number of hydrogen-bond acceptors (Lipinski definition) is 4. The molecule has 2 aromatic rings. The summed E-state index contributed by atoms with van der Waals surface area (Å²) in [5, 5.41) is 14.1. The number of amides is 1. The van der Waals surface area contributed by atoms with Crippen LogP contribution in [0.3, 0.4) is 0 Å². The van der Waals surface area contributed by atoms with E-state index in [4.69, 9.17) is 4.52 Å². The molecule has 27 heavy (non-hydrogen) atoms. The first-order chi connectivity index (χ1) is 12.8. The van der Waals surface area contributed by atoms with E-state index < -0.39 is 11.4 Å². The Balaban J connectivity index is 1.83. The highest BCUT2D eigenvalue weighted by atomic mass is 16.5. The van der Waals surface area contributed by atoms with Crippen molar-refractivity contribution in [3.8, 4) is 11.3 Å². The summed E-state index contributed by atoms with van der Waals surface area (Å²) in [6.45, 7) is 6.50. The number of aryl methyl sites for hydroxylation is 1. The number of carboxylic acid groups (broad SMARTS) is 1. The summed E-state index contributed by atoms with van der Waals surface area (Å²) < 4.78 is 5.46. The van der Waals surface area contributed by atoms with Crippen LogP contribution in [0.1, 0.15) is 38.0 Å². The van der Waals surface area contributed by atoms with Crippen LogP contribution in [0.25, 0.3) is 11.3 Å². The number of likely N-dealkylation sites (tertiary alicyclic amines) is 1. The largest absolute Gasteiger partial charge is 0.481 e. The topological polar surface area (TPSA) is 83.6 Å². The number of carboxylic acids is 1. The van der Waals surface area contributed by atoms with Gasteiger partial charge in [-0.15, -0.1) is 0 Å². The average molecular weight is 370 g/mol. The van der Waals surface area contributed by atoms with Crippen molar-refractivity contribution in [1.82, 2.24) is 10.1 Å². The van der Waals surface area contributed by atoms with Crippen LogP contribution in [-0.2, 0) is 16.0 Å². The Hall–Kier alpha value is -2.63. The number of hydrogen-bond donors (Lipinski definition) is 1. The van der Waals surface area contributed by atoms with E-state index in [1.54, 1.807) is 4.90 Å². The van der Waals surface area contributed by atoms with Crippen molar-refractivity contribution in [2.45, 2.75) is 40.0 Å². The smallest absolute Gasteiger partial charge is 0.311 e. The van der Waals surface area contributed by atoms with Gasteiger partial charge in [0.25, 0.3) is 0 Å². The molecule has 0 saturated carbocycles. The van der Waals surface area contributed by atoms with Crippen molar-refractivity contribution in [2.75, 3.05) is 13.1 Å². The van der Waals surface area contributed by atoms with Gasteiger partial charge in [0.2, 0.25) is 5.91 Å². The number of aliphatic carboxylic acids is 1. The molecular weight excluding hydrogens is 344 g/mol. The van der Waals surface area contributed by atoms with Gasteiger partial charge in [0.1, 0.15) is 11.5 Å². The third-order valence-electron chi connectivity index (χ3n) is 5.22. The predicted molar refractivity (Wildman–Crippen MR) is 101 cm³/mol. The second-order valence-corrected chi connectivity index (χ2v) is 7.83. The molecule has 0 spiro atoms. The van der Waals surface area contributed by atoms with Crippen molar-refractivity contribution >= 4 is 11.9 Å². The lowest BCUT2D eigenvalue weighted by Crippen LogP contribution is -2.51. The summed E-state index contributed by atoms with van der Waals surface area (Å²) in [5.41, 5.74) is 1.72. The van der Waals surface area contributed by atoms with Crippen LogP contribution in [-0.4, -0.2) is 40.1 Å². The number of carbonyl (C=O) groups is 2. The normalized spacial score (nSPS) is 20.1. The highest BCUT2D eigenvalue weighted by Gasteiger charge is 2.45. The van der Waals surface area contributed by atoms with Crippen molar-refractivity contribution < 1.29 is 19.2 Å². The first kappa shape index (κ1) is 19.1. The van der Waals surface area contributed by atoms with E-state index in [1.807, 2.05) is 51.1 Å². The molecule has 0 aliphatic carbocycles. The van der Waals surface area contributed by atoms with Crippen molar-refractivity contribution in [1.29, 1.82) is 0 Å². The summed E-state index contributed by atoms with van der Waals surface area (Å²) in [5.74, 6) is -0.504.